The highest BCUT2D eigenvalue weighted by Crippen LogP contribution is 2.30. The number of imidazole rings is 1. The van der Waals surface area contributed by atoms with Crippen molar-refractivity contribution in [3.63, 3.8) is 0 Å². The lowest BCUT2D eigenvalue weighted by Crippen LogP contribution is -2.24. The molecule has 118 valence electrons. The van der Waals surface area contributed by atoms with Crippen molar-refractivity contribution in [3.8, 4) is 0 Å². The van der Waals surface area contributed by atoms with Crippen LogP contribution < -0.4 is 11.3 Å². The van der Waals surface area contributed by atoms with Gasteiger partial charge in [0.15, 0.2) is 11.2 Å². The predicted molar refractivity (Wildman–Crippen MR) is 71.4 cm³/mol. The lowest BCUT2D eigenvalue weighted by atomic mass is 10.2. The maximum atomic E-state index is 11.6. The molecule has 2 aromatic rings. The van der Waals surface area contributed by atoms with E-state index in [0.29, 0.717) is 0 Å². The molecule has 0 radical (unpaired) electrons. The fraction of sp³-hybridized carbons (Fsp3) is 0.500. The van der Waals surface area contributed by atoms with Crippen LogP contribution in [0.15, 0.2) is 11.1 Å². The summed E-state index contributed by atoms with van der Waals surface area (Å²) in [5.74, 6) is -0.0171. The standard InChI is InChI=1S/C10H13N5O4.2H2O/c11-10-13-8-7(9(18)14-10)12-3-15(8)6-1-4(17)5(2-16)19-6;;/h3-6,16-17H,1-2H2,(H3,11,13,14,18);2*1H2/t4-,5+,6+;;/m1../s1. The molecule has 1 fully saturated rings. The van der Waals surface area contributed by atoms with Gasteiger partial charge in [-0.3, -0.25) is 14.3 Å². The number of aromatic amines is 1. The smallest absolute Gasteiger partial charge is 0.280 e. The van der Waals surface area contributed by atoms with Crippen LogP contribution in [-0.2, 0) is 4.74 Å². The van der Waals surface area contributed by atoms with Crippen LogP contribution in [0.25, 0.3) is 11.2 Å². The molecule has 2 aromatic heterocycles. The summed E-state index contributed by atoms with van der Waals surface area (Å²) in [5.41, 5.74) is 5.50. The van der Waals surface area contributed by atoms with Crippen molar-refractivity contribution in [2.75, 3.05) is 12.3 Å². The number of nitrogens with zero attached hydrogens (tertiary/aromatic N) is 3. The van der Waals surface area contributed by atoms with Gasteiger partial charge in [-0.25, -0.2) is 4.98 Å². The van der Waals surface area contributed by atoms with Crippen molar-refractivity contribution in [3.05, 3.63) is 16.7 Å². The maximum Gasteiger partial charge on any atom is 0.280 e. The Balaban J connectivity index is 0.00000110. The van der Waals surface area contributed by atoms with Gasteiger partial charge in [0.25, 0.3) is 5.56 Å². The molecule has 3 heterocycles. The van der Waals surface area contributed by atoms with E-state index in [9.17, 15) is 9.90 Å². The van der Waals surface area contributed by atoms with E-state index < -0.39 is 24.0 Å². The molecule has 0 bridgehead atoms. The largest absolute Gasteiger partial charge is 0.412 e. The molecule has 0 amide bonds. The summed E-state index contributed by atoms with van der Waals surface area (Å²) in [7, 11) is 0. The Morgan fingerprint density at radius 1 is 1.52 bits per heavy atom. The van der Waals surface area contributed by atoms with Crippen LogP contribution in [0.1, 0.15) is 12.6 Å². The van der Waals surface area contributed by atoms with Gasteiger partial charge in [0.05, 0.1) is 19.0 Å². The van der Waals surface area contributed by atoms with E-state index in [2.05, 4.69) is 15.0 Å². The average Bonchev–Trinajstić information content (AvgIpc) is 2.92. The Morgan fingerprint density at radius 3 is 2.86 bits per heavy atom. The average molecular weight is 303 g/mol. The lowest BCUT2D eigenvalue weighted by molar-refractivity contribution is -0.0432. The van der Waals surface area contributed by atoms with Gasteiger partial charge < -0.3 is 31.6 Å². The van der Waals surface area contributed by atoms with Crippen molar-refractivity contribution in [1.29, 1.82) is 0 Å². The molecule has 3 rings (SSSR count). The zero-order chi connectivity index (χ0) is 13.6. The summed E-state index contributed by atoms with van der Waals surface area (Å²) in [4.78, 5) is 22.0. The first-order valence-electron chi connectivity index (χ1n) is 5.77. The molecule has 0 saturated carbocycles. The Bertz CT molecular complexity index is 669. The van der Waals surface area contributed by atoms with Crippen molar-refractivity contribution in [2.45, 2.75) is 24.9 Å². The van der Waals surface area contributed by atoms with E-state index in [4.69, 9.17) is 15.6 Å². The number of nitrogen functional groups attached to an aromatic ring is 1. The molecule has 0 unspecified atom stereocenters. The van der Waals surface area contributed by atoms with Crippen molar-refractivity contribution >= 4 is 17.1 Å². The fourth-order valence-electron chi connectivity index (χ4n) is 2.20. The first kappa shape index (κ1) is 17.0. The highest BCUT2D eigenvalue weighted by atomic mass is 16.5. The normalized spacial score (nSPS) is 24.6. The van der Waals surface area contributed by atoms with Gasteiger partial charge in [-0.15, -0.1) is 0 Å². The molecule has 0 aliphatic carbocycles. The predicted octanol–water partition coefficient (Wildman–Crippen LogP) is -3.31. The first-order valence-corrected chi connectivity index (χ1v) is 5.77. The molecule has 1 aliphatic rings. The molecule has 9 N–H and O–H groups in total. The second-order valence-corrected chi connectivity index (χ2v) is 4.39. The number of H-pyrrole nitrogens is 1. The minimum absolute atomic E-state index is 0. The van der Waals surface area contributed by atoms with Gasteiger partial charge in [0.2, 0.25) is 5.95 Å². The van der Waals surface area contributed by atoms with E-state index in [0.717, 1.165) is 0 Å². The number of aliphatic hydroxyl groups excluding tert-OH is 2. The second-order valence-electron chi connectivity index (χ2n) is 4.39. The molecule has 0 spiro atoms. The van der Waals surface area contributed by atoms with Crippen LogP contribution >= 0.6 is 0 Å². The summed E-state index contributed by atoms with van der Waals surface area (Å²) in [6.07, 6.45) is -0.270. The number of hydrogen-bond donors (Lipinski definition) is 4. The number of fused-ring (bicyclic) bond motifs is 1. The summed E-state index contributed by atoms with van der Waals surface area (Å²) < 4.78 is 7.01. The Labute approximate surface area is 117 Å². The quantitative estimate of drug-likeness (QED) is 0.444. The van der Waals surface area contributed by atoms with Crippen LogP contribution in [0, 0.1) is 0 Å². The van der Waals surface area contributed by atoms with Crippen molar-refractivity contribution < 1.29 is 25.9 Å². The molecule has 0 aromatic carbocycles. The number of ether oxygens (including phenoxy) is 1. The van der Waals surface area contributed by atoms with Crippen molar-refractivity contribution in [2.24, 2.45) is 0 Å². The summed E-state index contributed by atoms with van der Waals surface area (Å²) in [5, 5.41) is 18.8. The Hall–Kier alpha value is -2.05. The van der Waals surface area contributed by atoms with Crippen LogP contribution in [0.2, 0.25) is 0 Å². The minimum atomic E-state index is -0.771. The molecule has 1 aliphatic heterocycles. The van der Waals surface area contributed by atoms with Crippen LogP contribution in [-0.4, -0.2) is 59.5 Å². The van der Waals surface area contributed by atoms with Gasteiger partial charge >= 0.3 is 0 Å². The zero-order valence-electron chi connectivity index (χ0n) is 10.9. The lowest BCUT2D eigenvalue weighted by Gasteiger charge is -2.13. The SMILES string of the molecule is Nc1nc2c(ncn2[C@@H]2C[C@@H](O)[C@H](CO)O2)c(=O)[nH]1.O.O. The first-order chi connectivity index (χ1) is 9.10. The van der Waals surface area contributed by atoms with E-state index in [1.807, 2.05) is 0 Å². The number of aliphatic hydroxyl groups is 2. The van der Waals surface area contributed by atoms with Gasteiger partial charge in [-0.05, 0) is 0 Å². The highest BCUT2D eigenvalue weighted by Gasteiger charge is 2.35. The number of anilines is 1. The number of rotatable bonds is 2. The number of nitrogens with one attached hydrogen (secondary N) is 1. The molecule has 21 heavy (non-hydrogen) atoms. The highest BCUT2D eigenvalue weighted by molar-refractivity contribution is 5.70. The van der Waals surface area contributed by atoms with E-state index in [-0.39, 0.29) is 41.1 Å². The molecular formula is C10H17N5O6. The molecule has 11 heteroatoms. The van der Waals surface area contributed by atoms with Gasteiger partial charge in [0.1, 0.15) is 12.3 Å². The molecule has 1 saturated heterocycles. The van der Waals surface area contributed by atoms with E-state index in [1.54, 1.807) is 0 Å². The molecule has 3 atom stereocenters. The monoisotopic (exact) mass is 303 g/mol. The summed E-state index contributed by atoms with van der Waals surface area (Å²) in [6.45, 7) is -0.277. The second kappa shape index (κ2) is 6.15. The molecule has 11 nitrogen and oxygen atoms in total. The Morgan fingerprint density at radius 2 is 2.24 bits per heavy atom. The van der Waals surface area contributed by atoms with E-state index >= 15 is 0 Å². The van der Waals surface area contributed by atoms with Gasteiger partial charge in [-0.2, -0.15) is 4.98 Å². The Kier molecular flexibility index (Phi) is 4.98. The summed E-state index contributed by atoms with van der Waals surface area (Å²) in [6, 6.07) is 0. The molecular weight excluding hydrogens is 286 g/mol. The summed E-state index contributed by atoms with van der Waals surface area (Å²) >= 11 is 0. The number of hydrogen-bond acceptors (Lipinski definition) is 7. The number of aromatic nitrogens is 4. The van der Waals surface area contributed by atoms with Gasteiger partial charge in [0, 0.05) is 6.42 Å². The van der Waals surface area contributed by atoms with Crippen LogP contribution in [0.4, 0.5) is 5.95 Å². The van der Waals surface area contributed by atoms with Crippen LogP contribution in [0.3, 0.4) is 0 Å². The third kappa shape index (κ3) is 2.72. The third-order valence-electron chi connectivity index (χ3n) is 3.15. The van der Waals surface area contributed by atoms with Gasteiger partial charge in [-0.1, -0.05) is 0 Å². The van der Waals surface area contributed by atoms with E-state index in [1.165, 1.54) is 10.9 Å². The van der Waals surface area contributed by atoms with Crippen molar-refractivity contribution in [1.82, 2.24) is 19.5 Å². The topological polar surface area (TPSA) is 202 Å². The zero-order valence-corrected chi connectivity index (χ0v) is 10.9. The minimum Gasteiger partial charge on any atom is -0.412 e. The number of nitrogens with two attached hydrogens (primary N) is 1. The maximum absolute atomic E-state index is 11.6. The fourth-order valence-corrected chi connectivity index (χ4v) is 2.20. The third-order valence-corrected chi connectivity index (χ3v) is 3.15. The van der Waals surface area contributed by atoms with Crippen LogP contribution in [0.5, 0.6) is 0 Å².